The van der Waals surface area contributed by atoms with Gasteiger partial charge in [0.15, 0.2) is 0 Å². The molecule has 1 unspecified atom stereocenters. The molecule has 0 aliphatic rings. The second kappa shape index (κ2) is 11.0. The Hall–Kier alpha value is -3.29. The first-order valence-electron chi connectivity index (χ1n) is 10.7. The molecule has 0 saturated carbocycles. The van der Waals surface area contributed by atoms with E-state index in [4.69, 9.17) is 0 Å². The summed E-state index contributed by atoms with van der Waals surface area (Å²) in [6, 6.07) is 10.0. The molecule has 0 spiro atoms. The summed E-state index contributed by atoms with van der Waals surface area (Å²) in [4.78, 5) is 24.5. The molecule has 0 radical (unpaired) electrons. The number of amides is 2. The molecule has 0 heterocycles. The number of rotatable bonds is 9. The molecule has 0 aliphatic heterocycles. The number of nitrogens with one attached hydrogen (secondary N) is 3. The van der Waals surface area contributed by atoms with Crippen molar-refractivity contribution in [1.29, 1.82) is 0 Å². The number of hydrogen-bond acceptors (Lipinski definition) is 3. The number of anilines is 2. The van der Waals surface area contributed by atoms with Crippen LogP contribution in [0.2, 0.25) is 0 Å². The first kappa shape index (κ1) is 26.0. The topological polar surface area (TPSA) is 70.2 Å². The van der Waals surface area contributed by atoms with E-state index in [2.05, 4.69) is 22.5 Å². The third-order valence-corrected chi connectivity index (χ3v) is 4.63. The van der Waals surface area contributed by atoms with Crippen LogP contribution in [0.3, 0.4) is 0 Å². The van der Waals surface area contributed by atoms with Gasteiger partial charge in [0, 0.05) is 35.1 Å². The van der Waals surface area contributed by atoms with E-state index in [1.165, 1.54) is 6.07 Å². The maximum absolute atomic E-state index is 13.3. The largest absolute Gasteiger partial charge is 0.416 e. The van der Waals surface area contributed by atoms with Crippen molar-refractivity contribution in [2.75, 3.05) is 10.6 Å². The van der Waals surface area contributed by atoms with Crippen molar-refractivity contribution in [3.05, 3.63) is 71.4 Å². The molecule has 0 fully saturated rings. The predicted octanol–water partition coefficient (Wildman–Crippen LogP) is 6.00. The molecule has 0 saturated heterocycles. The van der Waals surface area contributed by atoms with Crippen LogP contribution >= 0.6 is 0 Å². The molecule has 0 aromatic heterocycles. The highest BCUT2D eigenvalue weighted by molar-refractivity contribution is 6.05. The standard InChI is InChI=1S/C25H30F3N3O2/c1-15(2)10-23(32)30-17(5)11-18-6-8-21(9-7-18)31-24(33)19-12-20(25(26,27)28)14-22(13-19)29-16(3)4/h6-9,12-15,17,29H,3,10-11H2,1-2,4-5H3,(H,30,32)(H,31,33). The minimum atomic E-state index is -4.59. The lowest BCUT2D eigenvalue weighted by atomic mass is 10.1. The number of carbonyl (C=O) groups excluding carboxylic acids is 2. The van der Waals surface area contributed by atoms with Crippen molar-refractivity contribution >= 4 is 23.2 Å². The molecule has 0 bridgehead atoms. The normalized spacial score (nSPS) is 12.2. The van der Waals surface area contributed by atoms with Crippen LogP contribution in [0.15, 0.2) is 54.7 Å². The summed E-state index contributed by atoms with van der Waals surface area (Å²) in [6.45, 7) is 11.1. The first-order chi connectivity index (χ1) is 15.3. The highest BCUT2D eigenvalue weighted by atomic mass is 19.4. The summed E-state index contributed by atoms with van der Waals surface area (Å²) in [6.07, 6.45) is -3.51. The quantitative estimate of drug-likeness (QED) is 0.429. The second-order valence-electron chi connectivity index (χ2n) is 8.62. The van der Waals surface area contributed by atoms with Crippen LogP contribution in [0.5, 0.6) is 0 Å². The van der Waals surface area contributed by atoms with Gasteiger partial charge >= 0.3 is 6.18 Å². The van der Waals surface area contributed by atoms with Crippen molar-refractivity contribution in [2.24, 2.45) is 5.92 Å². The van der Waals surface area contributed by atoms with E-state index >= 15 is 0 Å². The van der Waals surface area contributed by atoms with Crippen LogP contribution in [0, 0.1) is 5.92 Å². The Labute approximate surface area is 192 Å². The van der Waals surface area contributed by atoms with Gasteiger partial charge in [-0.1, -0.05) is 32.6 Å². The number of alkyl halides is 3. The summed E-state index contributed by atoms with van der Waals surface area (Å²) in [5, 5.41) is 8.30. The average molecular weight is 462 g/mol. The van der Waals surface area contributed by atoms with Crippen LogP contribution in [0.4, 0.5) is 24.5 Å². The Balaban J connectivity index is 2.08. The van der Waals surface area contributed by atoms with Crippen molar-refractivity contribution < 1.29 is 22.8 Å². The molecule has 1 atom stereocenters. The van der Waals surface area contributed by atoms with Gasteiger partial charge in [-0.2, -0.15) is 13.2 Å². The van der Waals surface area contributed by atoms with Gasteiger partial charge < -0.3 is 16.0 Å². The molecule has 8 heteroatoms. The Bertz CT molecular complexity index is 999. The Morgan fingerprint density at radius 2 is 1.61 bits per heavy atom. The second-order valence-corrected chi connectivity index (χ2v) is 8.62. The predicted molar refractivity (Wildman–Crippen MR) is 125 cm³/mol. The van der Waals surface area contributed by atoms with Gasteiger partial charge in [0.05, 0.1) is 5.56 Å². The van der Waals surface area contributed by atoms with Crippen molar-refractivity contribution in [3.63, 3.8) is 0 Å². The van der Waals surface area contributed by atoms with E-state index in [-0.39, 0.29) is 29.1 Å². The highest BCUT2D eigenvalue weighted by Crippen LogP contribution is 2.32. The fraction of sp³-hybridized carbons (Fsp3) is 0.360. The van der Waals surface area contributed by atoms with Gasteiger partial charge in [-0.25, -0.2) is 0 Å². The maximum Gasteiger partial charge on any atom is 0.416 e. The van der Waals surface area contributed by atoms with E-state index in [9.17, 15) is 22.8 Å². The van der Waals surface area contributed by atoms with E-state index in [1.54, 1.807) is 31.2 Å². The maximum atomic E-state index is 13.3. The lowest BCUT2D eigenvalue weighted by Gasteiger charge is -2.16. The van der Waals surface area contributed by atoms with Gasteiger partial charge in [0.1, 0.15) is 0 Å². The molecular formula is C25H30F3N3O2. The lowest BCUT2D eigenvalue weighted by molar-refractivity contribution is -0.137. The van der Waals surface area contributed by atoms with E-state index in [0.29, 0.717) is 24.2 Å². The first-order valence-corrected chi connectivity index (χ1v) is 10.7. The van der Waals surface area contributed by atoms with E-state index < -0.39 is 17.6 Å². The average Bonchev–Trinajstić information content (AvgIpc) is 2.67. The highest BCUT2D eigenvalue weighted by Gasteiger charge is 2.32. The summed E-state index contributed by atoms with van der Waals surface area (Å²) < 4.78 is 39.8. The van der Waals surface area contributed by atoms with Crippen molar-refractivity contribution in [1.82, 2.24) is 5.32 Å². The molecule has 178 valence electrons. The molecule has 0 aliphatic carbocycles. The molecule has 2 rings (SSSR count). The van der Waals surface area contributed by atoms with Gasteiger partial charge in [0.2, 0.25) is 5.91 Å². The molecule has 2 amide bonds. The van der Waals surface area contributed by atoms with Crippen LogP contribution in [0.25, 0.3) is 0 Å². The molecule has 2 aromatic carbocycles. The zero-order valence-electron chi connectivity index (χ0n) is 19.3. The lowest BCUT2D eigenvalue weighted by Crippen LogP contribution is -2.34. The number of allylic oxidation sites excluding steroid dienone is 1. The number of carbonyl (C=O) groups is 2. The minimum absolute atomic E-state index is 0.00276. The Kier molecular flexibility index (Phi) is 8.68. The van der Waals surface area contributed by atoms with Crippen molar-refractivity contribution in [3.8, 4) is 0 Å². The zero-order valence-corrected chi connectivity index (χ0v) is 19.3. The molecule has 5 nitrogen and oxygen atoms in total. The number of halogens is 3. The molecule has 2 aromatic rings. The van der Waals surface area contributed by atoms with Crippen molar-refractivity contribution in [2.45, 2.75) is 52.8 Å². The SMILES string of the molecule is C=C(C)Nc1cc(C(=O)Nc2ccc(CC(C)NC(=O)CC(C)C)cc2)cc(C(F)(F)F)c1. The number of hydrogen-bond donors (Lipinski definition) is 3. The van der Waals surface area contributed by atoms with Gasteiger partial charge in [0.25, 0.3) is 5.91 Å². The Morgan fingerprint density at radius 3 is 2.15 bits per heavy atom. The summed E-state index contributed by atoms with van der Waals surface area (Å²) >= 11 is 0. The van der Waals surface area contributed by atoms with Gasteiger partial charge in [-0.3, -0.25) is 9.59 Å². The summed E-state index contributed by atoms with van der Waals surface area (Å²) in [5.41, 5.74) is 0.934. The van der Waals surface area contributed by atoms with Crippen LogP contribution in [0.1, 0.15) is 55.6 Å². The number of benzene rings is 2. The van der Waals surface area contributed by atoms with Crippen LogP contribution < -0.4 is 16.0 Å². The smallest absolute Gasteiger partial charge is 0.360 e. The summed E-state index contributed by atoms with van der Waals surface area (Å²) in [7, 11) is 0. The fourth-order valence-corrected chi connectivity index (χ4v) is 3.28. The fourth-order valence-electron chi connectivity index (χ4n) is 3.28. The minimum Gasteiger partial charge on any atom is -0.360 e. The third kappa shape index (κ3) is 8.63. The van der Waals surface area contributed by atoms with E-state index in [0.717, 1.165) is 17.7 Å². The monoisotopic (exact) mass is 461 g/mol. The Morgan fingerprint density at radius 1 is 0.970 bits per heavy atom. The molecular weight excluding hydrogens is 431 g/mol. The molecule has 3 N–H and O–H groups in total. The molecule has 33 heavy (non-hydrogen) atoms. The van der Waals surface area contributed by atoms with E-state index in [1.807, 2.05) is 20.8 Å². The summed E-state index contributed by atoms with van der Waals surface area (Å²) in [5.74, 6) is -0.375. The zero-order chi connectivity index (χ0) is 24.8. The van der Waals surface area contributed by atoms with Crippen LogP contribution in [-0.2, 0) is 17.4 Å². The van der Waals surface area contributed by atoms with Gasteiger partial charge in [-0.05, 0) is 62.1 Å². The van der Waals surface area contributed by atoms with Crippen LogP contribution in [-0.4, -0.2) is 17.9 Å². The third-order valence-electron chi connectivity index (χ3n) is 4.63. The van der Waals surface area contributed by atoms with Gasteiger partial charge in [-0.15, -0.1) is 0 Å².